The summed E-state index contributed by atoms with van der Waals surface area (Å²) in [5.41, 5.74) is 5.44. The van der Waals surface area contributed by atoms with Gasteiger partial charge in [0, 0.05) is 24.2 Å². The highest BCUT2D eigenvalue weighted by atomic mass is 79.9. The van der Waals surface area contributed by atoms with E-state index in [1.807, 2.05) is 0 Å². The number of methoxy groups -OCH3 is 1. The largest absolute Gasteiger partial charge is 0.380 e. The van der Waals surface area contributed by atoms with Crippen molar-refractivity contribution >= 4 is 15.9 Å². The van der Waals surface area contributed by atoms with E-state index in [2.05, 4.69) is 63.7 Å². The fraction of sp³-hybridized carbons (Fsp3) is 0.333. The number of hydrogen-bond donors (Lipinski definition) is 1. The van der Waals surface area contributed by atoms with Crippen molar-refractivity contribution in [2.45, 2.75) is 32.0 Å². The molecule has 1 aliphatic rings. The molecule has 110 valence electrons. The minimum absolute atomic E-state index is 0.462. The molecule has 2 aromatic rings. The molecule has 0 amide bonds. The van der Waals surface area contributed by atoms with Gasteiger partial charge >= 0.3 is 0 Å². The van der Waals surface area contributed by atoms with Crippen molar-refractivity contribution in [1.29, 1.82) is 0 Å². The number of rotatable bonds is 5. The normalized spacial score (nSPS) is 17.0. The summed E-state index contributed by atoms with van der Waals surface area (Å²) in [5.74, 6) is 0. The predicted molar refractivity (Wildman–Crippen MR) is 89.2 cm³/mol. The van der Waals surface area contributed by atoms with Crippen LogP contribution in [-0.2, 0) is 24.3 Å². The van der Waals surface area contributed by atoms with Crippen LogP contribution in [0.25, 0.3) is 0 Å². The molecule has 0 radical (unpaired) electrons. The van der Waals surface area contributed by atoms with Gasteiger partial charge in [0.15, 0.2) is 0 Å². The molecule has 1 unspecified atom stereocenters. The van der Waals surface area contributed by atoms with E-state index in [1.165, 1.54) is 33.1 Å². The van der Waals surface area contributed by atoms with Crippen molar-refractivity contribution in [2.24, 2.45) is 0 Å². The van der Waals surface area contributed by atoms with Crippen LogP contribution in [0.1, 0.15) is 34.7 Å². The maximum Gasteiger partial charge on any atom is 0.0713 e. The van der Waals surface area contributed by atoms with Crippen LogP contribution < -0.4 is 5.32 Å². The molecule has 0 spiro atoms. The molecule has 2 aromatic carbocycles. The Hall–Kier alpha value is -1.16. The van der Waals surface area contributed by atoms with Gasteiger partial charge in [-0.2, -0.15) is 0 Å². The quantitative estimate of drug-likeness (QED) is 0.868. The summed E-state index contributed by atoms with van der Waals surface area (Å²) in [4.78, 5) is 0. The molecule has 21 heavy (non-hydrogen) atoms. The summed E-state index contributed by atoms with van der Waals surface area (Å²) in [5, 5.41) is 3.69. The molecule has 0 saturated carbocycles. The smallest absolute Gasteiger partial charge is 0.0713 e. The maximum absolute atomic E-state index is 5.19. The number of nitrogens with one attached hydrogen (secondary N) is 1. The Balaban J connectivity index is 1.67. The summed E-state index contributed by atoms with van der Waals surface area (Å²) in [6.07, 6.45) is 2.33. The lowest BCUT2D eigenvalue weighted by Gasteiger charge is -2.15. The summed E-state index contributed by atoms with van der Waals surface area (Å²) in [7, 11) is 1.73. The Morgan fingerprint density at radius 3 is 2.86 bits per heavy atom. The number of halogens is 1. The first-order chi connectivity index (χ1) is 10.3. The van der Waals surface area contributed by atoms with Gasteiger partial charge in [0.25, 0.3) is 0 Å². The van der Waals surface area contributed by atoms with E-state index in [1.54, 1.807) is 7.11 Å². The molecule has 2 nitrogen and oxygen atoms in total. The third-order valence-electron chi connectivity index (χ3n) is 4.07. The SMILES string of the molecule is COCc1cccc(CNC2CCc3c(Br)cccc32)c1. The van der Waals surface area contributed by atoms with Gasteiger partial charge in [-0.05, 0) is 41.2 Å². The monoisotopic (exact) mass is 345 g/mol. The van der Waals surface area contributed by atoms with E-state index >= 15 is 0 Å². The Labute approximate surface area is 134 Å². The third kappa shape index (κ3) is 3.37. The number of benzene rings is 2. The summed E-state index contributed by atoms with van der Waals surface area (Å²) in [6, 6.07) is 15.6. The molecule has 0 fully saturated rings. The number of fused-ring (bicyclic) bond motifs is 1. The number of hydrogen-bond acceptors (Lipinski definition) is 2. The van der Waals surface area contributed by atoms with Gasteiger partial charge in [0.1, 0.15) is 0 Å². The molecular formula is C18H20BrNO. The van der Waals surface area contributed by atoms with Crippen molar-refractivity contribution in [3.05, 3.63) is 69.2 Å². The van der Waals surface area contributed by atoms with E-state index in [9.17, 15) is 0 Å². The predicted octanol–water partition coefficient (Wildman–Crippen LogP) is 4.37. The highest BCUT2D eigenvalue weighted by Gasteiger charge is 2.23. The molecule has 1 atom stereocenters. The fourth-order valence-corrected chi connectivity index (χ4v) is 3.64. The summed E-state index contributed by atoms with van der Waals surface area (Å²) < 4.78 is 6.44. The van der Waals surface area contributed by atoms with E-state index in [0.29, 0.717) is 12.6 Å². The zero-order chi connectivity index (χ0) is 14.7. The molecule has 0 bridgehead atoms. The van der Waals surface area contributed by atoms with E-state index < -0.39 is 0 Å². The Bertz CT molecular complexity index is 626. The van der Waals surface area contributed by atoms with Crippen molar-refractivity contribution in [2.75, 3.05) is 7.11 Å². The molecule has 3 heteroatoms. The lowest BCUT2D eigenvalue weighted by molar-refractivity contribution is 0.185. The Kier molecular flexibility index (Phi) is 4.73. The third-order valence-corrected chi connectivity index (χ3v) is 4.81. The Morgan fingerprint density at radius 2 is 2.00 bits per heavy atom. The second-order valence-corrected chi connectivity index (χ2v) is 6.39. The van der Waals surface area contributed by atoms with Gasteiger partial charge in [-0.1, -0.05) is 52.3 Å². The van der Waals surface area contributed by atoms with Crippen molar-refractivity contribution in [3.8, 4) is 0 Å². The fourth-order valence-electron chi connectivity index (χ4n) is 3.06. The minimum Gasteiger partial charge on any atom is -0.380 e. The van der Waals surface area contributed by atoms with Crippen molar-refractivity contribution in [1.82, 2.24) is 5.32 Å². The highest BCUT2D eigenvalue weighted by Crippen LogP contribution is 2.35. The molecule has 0 aliphatic heterocycles. The van der Waals surface area contributed by atoms with Gasteiger partial charge in [0.2, 0.25) is 0 Å². The van der Waals surface area contributed by atoms with Crippen molar-refractivity contribution < 1.29 is 4.74 Å². The first kappa shape index (κ1) is 14.8. The minimum atomic E-state index is 0.462. The van der Waals surface area contributed by atoms with Crippen LogP contribution in [0.15, 0.2) is 46.9 Å². The maximum atomic E-state index is 5.19. The van der Waals surface area contributed by atoms with Gasteiger partial charge in [-0.3, -0.25) is 0 Å². The lowest BCUT2D eigenvalue weighted by Crippen LogP contribution is -2.18. The molecular weight excluding hydrogens is 326 g/mol. The van der Waals surface area contributed by atoms with Gasteiger partial charge in [0.05, 0.1) is 6.61 Å². The van der Waals surface area contributed by atoms with Crippen molar-refractivity contribution in [3.63, 3.8) is 0 Å². The first-order valence-electron chi connectivity index (χ1n) is 7.35. The van der Waals surface area contributed by atoms with E-state index in [-0.39, 0.29) is 0 Å². The average molecular weight is 346 g/mol. The zero-order valence-electron chi connectivity index (χ0n) is 12.2. The second kappa shape index (κ2) is 6.73. The molecule has 1 aliphatic carbocycles. The van der Waals surface area contributed by atoms with Gasteiger partial charge in [-0.15, -0.1) is 0 Å². The summed E-state index contributed by atoms with van der Waals surface area (Å²) >= 11 is 3.66. The lowest BCUT2D eigenvalue weighted by atomic mass is 10.1. The van der Waals surface area contributed by atoms with E-state index in [4.69, 9.17) is 4.74 Å². The molecule has 3 rings (SSSR count). The van der Waals surface area contributed by atoms with E-state index in [0.717, 1.165) is 13.0 Å². The average Bonchev–Trinajstić information content (AvgIpc) is 2.91. The summed E-state index contributed by atoms with van der Waals surface area (Å²) in [6.45, 7) is 1.57. The molecule has 0 heterocycles. The van der Waals surface area contributed by atoms with Gasteiger partial charge in [-0.25, -0.2) is 0 Å². The van der Waals surface area contributed by atoms with Crippen LogP contribution in [0.3, 0.4) is 0 Å². The standard InChI is InChI=1S/C18H20BrNO/c1-21-12-14-5-2-4-13(10-14)11-20-18-9-8-15-16(18)6-3-7-17(15)19/h2-7,10,18,20H,8-9,11-12H2,1H3. The van der Waals surface area contributed by atoms with Crippen LogP contribution in [0.4, 0.5) is 0 Å². The zero-order valence-corrected chi connectivity index (χ0v) is 13.8. The van der Waals surface area contributed by atoms with Crippen LogP contribution in [-0.4, -0.2) is 7.11 Å². The van der Waals surface area contributed by atoms with Crippen LogP contribution in [0.2, 0.25) is 0 Å². The molecule has 0 aromatic heterocycles. The highest BCUT2D eigenvalue weighted by molar-refractivity contribution is 9.10. The second-order valence-electron chi connectivity index (χ2n) is 5.53. The number of ether oxygens (including phenoxy) is 1. The van der Waals surface area contributed by atoms with Crippen LogP contribution in [0, 0.1) is 0 Å². The topological polar surface area (TPSA) is 21.3 Å². The Morgan fingerprint density at radius 1 is 1.19 bits per heavy atom. The van der Waals surface area contributed by atoms with Gasteiger partial charge < -0.3 is 10.1 Å². The van der Waals surface area contributed by atoms with Crippen LogP contribution >= 0.6 is 15.9 Å². The van der Waals surface area contributed by atoms with Crippen LogP contribution in [0.5, 0.6) is 0 Å². The molecule has 0 saturated heterocycles. The first-order valence-corrected chi connectivity index (χ1v) is 8.14. The molecule has 1 N–H and O–H groups in total.